The SMILES string of the molecule is CN1C(=O)COc2ccc(C3(C)COC3)cc21. The number of hydrogen-bond acceptors (Lipinski definition) is 3. The molecule has 17 heavy (non-hydrogen) atoms. The molecule has 0 aromatic heterocycles. The predicted molar refractivity (Wildman–Crippen MR) is 63.5 cm³/mol. The molecule has 0 N–H and O–H groups in total. The summed E-state index contributed by atoms with van der Waals surface area (Å²) < 4.78 is 10.7. The van der Waals surface area contributed by atoms with Gasteiger partial charge in [0, 0.05) is 12.5 Å². The Morgan fingerprint density at radius 1 is 1.35 bits per heavy atom. The molecule has 0 spiro atoms. The number of hydrogen-bond donors (Lipinski definition) is 0. The van der Waals surface area contributed by atoms with Crippen LogP contribution in [0.1, 0.15) is 12.5 Å². The van der Waals surface area contributed by atoms with Gasteiger partial charge in [0.2, 0.25) is 0 Å². The third-order valence-electron chi connectivity index (χ3n) is 3.58. The molecule has 0 bridgehead atoms. The van der Waals surface area contributed by atoms with Crippen LogP contribution in [0.3, 0.4) is 0 Å². The molecule has 0 unspecified atom stereocenters. The number of carbonyl (C=O) groups excluding carboxylic acids is 1. The van der Waals surface area contributed by atoms with Crippen LogP contribution >= 0.6 is 0 Å². The summed E-state index contributed by atoms with van der Waals surface area (Å²) in [6, 6.07) is 6.04. The molecule has 1 aromatic rings. The second-order valence-corrected chi connectivity index (χ2v) is 4.98. The zero-order valence-electron chi connectivity index (χ0n) is 10.0. The first-order chi connectivity index (χ1) is 8.10. The Kier molecular flexibility index (Phi) is 2.16. The number of anilines is 1. The number of ether oxygens (including phenoxy) is 2. The van der Waals surface area contributed by atoms with Gasteiger partial charge in [-0.3, -0.25) is 4.79 Å². The predicted octanol–water partition coefficient (Wildman–Crippen LogP) is 1.33. The topological polar surface area (TPSA) is 38.8 Å². The van der Waals surface area contributed by atoms with Crippen molar-refractivity contribution in [2.45, 2.75) is 12.3 Å². The van der Waals surface area contributed by atoms with Crippen molar-refractivity contribution in [1.82, 2.24) is 0 Å². The van der Waals surface area contributed by atoms with Gasteiger partial charge < -0.3 is 14.4 Å². The third-order valence-corrected chi connectivity index (χ3v) is 3.58. The van der Waals surface area contributed by atoms with Gasteiger partial charge in [0.05, 0.1) is 18.9 Å². The Bertz CT molecular complexity index is 480. The molecule has 0 atom stereocenters. The summed E-state index contributed by atoms with van der Waals surface area (Å²) >= 11 is 0. The van der Waals surface area contributed by atoms with Crippen LogP contribution in [0.15, 0.2) is 18.2 Å². The van der Waals surface area contributed by atoms with E-state index in [2.05, 4.69) is 13.0 Å². The summed E-state index contributed by atoms with van der Waals surface area (Å²) in [6.45, 7) is 3.78. The Morgan fingerprint density at radius 3 is 2.76 bits per heavy atom. The standard InChI is InChI=1S/C13H15NO3/c1-13(7-16-8-13)9-3-4-11-10(5-9)14(2)12(15)6-17-11/h3-5H,6-8H2,1-2H3. The zero-order valence-corrected chi connectivity index (χ0v) is 10.0. The molecule has 90 valence electrons. The molecule has 2 heterocycles. The van der Waals surface area contributed by atoms with Crippen molar-refractivity contribution in [2.24, 2.45) is 0 Å². The highest BCUT2D eigenvalue weighted by Gasteiger charge is 2.36. The molecule has 3 rings (SSSR count). The smallest absolute Gasteiger partial charge is 0.264 e. The lowest BCUT2D eigenvalue weighted by Crippen LogP contribution is -2.44. The van der Waals surface area contributed by atoms with E-state index in [1.807, 2.05) is 12.1 Å². The third kappa shape index (κ3) is 1.52. The van der Waals surface area contributed by atoms with E-state index in [0.29, 0.717) is 0 Å². The normalized spacial score (nSPS) is 21.5. The summed E-state index contributed by atoms with van der Waals surface area (Å²) in [5.41, 5.74) is 2.13. The van der Waals surface area contributed by atoms with E-state index < -0.39 is 0 Å². The molecule has 0 saturated carbocycles. The highest BCUT2D eigenvalue weighted by Crippen LogP contribution is 2.38. The maximum Gasteiger partial charge on any atom is 0.264 e. The van der Waals surface area contributed by atoms with E-state index in [1.54, 1.807) is 11.9 Å². The molecule has 2 aliphatic heterocycles. The van der Waals surface area contributed by atoms with Crippen molar-refractivity contribution in [3.05, 3.63) is 23.8 Å². The van der Waals surface area contributed by atoms with Crippen molar-refractivity contribution >= 4 is 11.6 Å². The van der Waals surface area contributed by atoms with Crippen LogP contribution < -0.4 is 9.64 Å². The van der Waals surface area contributed by atoms with Crippen LogP contribution in [0.25, 0.3) is 0 Å². The maximum absolute atomic E-state index is 11.6. The number of likely N-dealkylation sites (N-methyl/N-ethyl adjacent to an activating group) is 1. The summed E-state index contributed by atoms with van der Waals surface area (Å²) in [4.78, 5) is 13.2. The lowest BCUT2D eigenvalue weighted by molar-refractivity contribution is -0.120. The molecular weight excluding hydrogens is 218 g/mol. The Morgan fingerprint density at radius 2 is 2.12 bits per heavy atom. The quantitative estimate of drug-likeness (QED) is 0.734. The van der Waals surface area contributed by atoms with E-state index in [-0.39, 0.29) is 17.9 Å². The van der Waals surface area contributed by atoms with Crippen molar-refractivity contribution in [3.63, 3.8) is 0 Å². The minimum Gasteiger partial charge on any atom is -0.482 e. The number of fused-ring (bicyclic) bond motifs is 1. The largest absolute Gasteiger partial charge is 0.482 e. The average molecular weight is 233 g/mol. The fraction of sp³-hybridized carbons (Fsp3) is 0.462. The summed E-state index contributed by atoms with van der Waals surface area (Å²) in [7, 11) is 1.78. The minimum atomic E-state index is -0.00957. The van der Waals surface area contributed by atoms with Crippen LogP contribution in [0.4, 0.5) is 5.69 Å². The monoisotopic (exact) mass is 233 g/mol. The van der Waals surface area contributed by atoms with E-state index in [0.717, 1.165) is 24.7 Å². The van der Waals surface area contributed by atoms with Crippen molar-refractivity contribution in [3.8, 4) is 5.75 Å². The van der Waals surface area contributed by atoms with Gasteiger partial charge in [-0.1, -0.05) is 13.0 Å². The molecule has 1 saturated heterocycles. The first-order valence-corrected chi connectivity index (χ1v) is 5.72. The molecule has 0 aliphatic carbocycles. The number of rotatable bonds is 1. The first kappa shape index (κ1) is 10.6. The zero-order chi connectivity index (χ0) is 12.0. The Labute approximate surface area is 100 Å². The van der Waals surface area contributed by atoms with Crippen LogP contribution in [0, 0.1) is 0 Å². The van der Waals surface area contributed by atoms with Gasteiger partial charge in [0.15, 0.2) is 6.61 Å². The van der Waals surface area contributed by atoms with Gasteiger partial charge in [-0.05, 0) is 17.7 Å². The molecule has 2 aliphatic rings. The lowest BCUT2D eigenvalue weighted by Gasteiger charge is -2.39. The molecule has 0 radical (unpaired) electrons. The lowest BCUT2D eigenvalue weighted by atomic mass is 9.80. The van der Waals surface area contributed by atoms with Gasteiger partial charge in [-0.15, -0.1) is 0 Å². The number of nitrogens with zero attached hydrogens (tertiary/aromatic N) is 1. The van der Waals surface area contributed by atoms with Gasteiger partial charge in [-0.2, -0.15) is 0 Å². The molecule has 4 nitrogen and oxygen atoms in total. The molecule has 1 fully saturated rings. The minimum absolute atomic E-state index is 0.00957. The highest BCUT2D eigenvalue weighted by molar-refractivity contribution is 5.97. The summed E-state index contributed by atoms with van der Waals surface area (Å²) in [5, 5.41) is 0. The van der Waals surface area contributed by atoms with Gasteiger partial charge in [0.1, 0.15) is 5.75 Å². The van der Waals surface area contributed by atoms with Gasteiger partial charge >= 0.3 is 0 Å². The molecule has 4 heteroatoms. The fourth-order valence-corrected chi connectivity index (χ4v) is 2.22. The van der Waals surface area contributed by atoms with Crippen molar-refractivity contribution in [2.75, 3.05) is 31.8 Å². The van der Waals surface area contributed by atoms with Crippen LogP contribution in [-0.4, -0.2) is 32.8 Å². The first-order valence-electron chi connectivity index (χ1n) is 5.72. The van der Waals surface area contributed by atoms with E-state index >= 15 is 0 Å². The molecular formula is C13H15NO3. The number of amides is 1. The maximum atomic E-state index is 11.6. The highest BCUT2D eigenvalue weighted by atomic mass is 16.5. The summed E-state index contributed by atoms with van der Waals surface area (Å²) in [5.74, 6) is 0.768. The van der Waals surface area contributed by atoms with Gasteiger partial charge in [-0.25, -0.2) is 0 Å². The molecule has 1 aromatic carbocycles. The number of benzene rings is 1. The van der Waals surface area contributed by atoms with E-state index in [4.69, 9.17) is 9.47 Å². The van der Waals surface area contributed by atoms with Crippen LogP contribution in [0.2, 0.25) is 0 Å². The van der Waals surface area contributed by atoms with Crippen molar-refractivity contribution < 1.29 is 14.3 Å². The van der Waals surface area contributed by atoms with E-state index in [9.17, 15) is 4.79 Å². The Hall–Kier alpha value is -1.55. The Balaban J connectivity index is 2.03. The van der Waals surface area contributed by atoms with Crippen LogP contribution in [0.5, 0.6) is 5.75 Å². The second kappa shape index (κ2) is 3.47. The van der Waals surface area contributed by atoms with Crippen molar-refractivity contribution in [1.29, 1.82) is 0 Å². The second-order valence-electron chi connectivity index (χ2n) is 4.98. The average Bonchev–Trinajstić information content (AvgIpc) is 2.31. The van der Waals surface area contributed by atoms with Gasteiger partial charge in [0.25, 0.3) is 5.91 Å². The molecule has 1 amide bonds. The van der Waals surface area contributed by atoms with E-state index in [1.165, 1.54) is 5.56 Å². The number of carbonyl (C=O) groups is 1. The fourth-order valence-electron chi connectivity index (χ4n) is 2.22. The van der Waals surface area contributed by atoms with Crippen LogP contribution in [-0.2, 0) is 14.9 Å². The summed E-state index contributed by atoms with van der Waals surface area (Å²) in [6.07, 6.45) is 0.